The quantitative estimate of drug-likeness (QED) is 0.706. The smallest absolute Gasteiger partial charge is 0.295 e. The lowest BCUT2D eigenvalue weighted by Gasteiger charge is -2.33. The van der Waals surface area contributed by atoms with Gasteiger partial charge in [-0.05, 0) is 25.0 Å². The zero-order valence-corrected chi connectivity index (χ0v) is 15.8. The maximum atomic E-state index is 12.9. The minimum Gasteiger partial charge on any atom is -0.369 e. The first-order valence-corrected chi connectivity index (χ1v) is 9.38. The first-order chi connectivity index (χ1) is 12.6. The molecule has 26 heavy (non-hydrogen) atoms. The fourth-order valence-electron chi connectivity index (χ4n) is 3.80. The summed E-state index contributed by atoms with van der Waals surface area (Å²) in [6, 6.07) is 8.15. The SMILES string of the molecule is CN(c1cnn(-c2nc3ccccc3n2C)c(=O)c1Cl)C1CCCCC1. The van der Waals surface area contributed by atoms with Gasteiger partial charge in [0.1, 0.15) is 5.02 Å². The summed E-state index contributed by atoms with van der Waals surface area (Å²) >= 11 is 6.46. The third-order valence-corrected chi connectivity index (χ3v) is 5.71. The predicted molar refractivity (Wildman–Crippen MR) is 104 cm³/mol. The Morgan fingerprint density at radius 3 is 2.65 bits per heavy atom. The van der Waals surface area contributed by atoms with Crippen molar-refractivity contribution in [1.29, 1.82) is 0 Å². The molecule has 0 unspecified atom stereocenters. The van der Waals surface area contributed by atoms with Crippen LogP contribution < -0.4 is 10.5 Å². The van der Waals surface area contributed by atoms with E-state index < -0.39 is 0 Å². The summed E-state index contributed by atoms with van der Waals surface area (Å²) in [5.74, 6) is 0.463. The Morgan fingerprint density at radius 1 is 1.19 bits per heavy atom. The summed E-state index contributed by atoms with van der Waals surface area (Å²) in [6.45, 7) is 0. The van der Waals surface area contributed by atoms with Crippen molar-refractivity contribution in [3.05, 3.63) is 45.8 Å². The van der Waals surface area contributed by atoms with Crippen LogP contribution in [-0.2, 0) is 7.05 Å². The molecule has 1 aliphatic carbocycles. The van der Waals surface area contributed by atoms with Crippen molar-refractivity contribution in [1.82, 2.24) is 19.3 Å². The largest absolute Gasteiger partial charge is 0.369 e. The van der Waals surface area contributed by atoms with Crippen LogP contribution >= 0.6 is 11.6 Å². The van der Waals surface area contributed by atoms with Crippen molar-refractivity contribution in [2.45, 2.75) is 38.1 Å². The molecule has 1 aromatic carbocycles. The standard InChI is InChI=1S/C19H22ClN5O/c1-23(13-8-4-3-5-9-13)16-12-21-25(18(26)17(16)20)19-22-14-10-6-7-11-15(14)24(19)2/h6-7,10-13H,3-5,8-9H2,1-2H3. The van der Waals surface area contributed by atoms with Gasteiger partial charge in [-0.25, -0.2) is 4.98 Å². The summed E-state index contributed by atoms with van der Waals surface area (Å²) in [5, 5.41) is 4.57. The summed E-state index contributed by atoms with van der Waals surface area (Å²) < 4.78 is 3.13. The molecule has 7 heteroatoms. The fraction of sp³-hybridized carbons (Fsp3) is 0.421. The van der Waals surface area contributed by atoms with Crippen molar-refractivity contribution < 1.29 is 0 Å². The molecule has 0 atom stereocenters. The molecule has 4 rings (SSSR count). The van der Waals surface area contributed by atoms with Gasteiger partial charge in [-0.3, -0.25) is 4.79 Å². The van der Waals surface area contributed by atoms with Crippen molar-refractivity contribution in [2.75, 3.05) is 11.9 Å². The molecule has 0 amide bonds. The van der Waals surface area contributed by atoms with E-state index in [1.165, 1.54) is 23.9 Å². The Kier molecular flexibility index (Phi) is 4.44. The summed E-state index contributed by atoms with van der Waals surface area (Å²) in [7, 11) is 3.87. The fourth-order valence-corrected chi connectivity index (χ4v) is 4.06. The lowest BCUT2D eigenvalue weighted by atomic mass is 9.94. The number of imidazole rings is 1. The number of halogens is 1. The van der Waals surface area contributed by atoms with Gasteiger partial charge in [0.2, 0.25) is 5.95 Å². The molecule has 0 bridgehead atoms. The number of rotatable bonds is 3. The molecule has 6 nitrogen and oxygen atoms in total. The van der Waals surface area contributed by atoms with Gasteiger partial charge in [0.15, 0.2) is 0 Å². The molecule has 0 aliphatic heterocycles. The van der Waals surface area contributed by atoms with Crippen LogP contribution in [0.15, 0.2) is 35.3 Å². The van der Waals surface area contributed by atoms with E-state index in [1.54, 1.807) is 6.20 Å². The number of para-hydroxylation sites is 2. The first-order valence-electron chi connectivity index (χ1n) is 9.00. The Bertz CT molecular complexity index is 1000. The third-order valence-electron chi connectivity index (χ3n) is 5.36. The zero-order valence-electron chi connectivity index (χ0n) is 15.0. The first kappa shape index (κ1) is 17.1. The lowest BCUT2D eigenvalue weighted by Crippen LogP contribution is -2.35. The Hall–Kier alpha value is -2.34. The number of benzene rings is 1. The maximum absolute atomic E-state index is 12.9. The highest BCUT2D eigenvalue weighted by Gasteiger charge is 2.23. The van der Waals surface area contributed by atoms with Gasteiger partial charge in [0.25, 0.3) is 5.56 Å². The van der Waals surface area contributed by atoms with E-state index in [9.17, 15) is 4.79 Å². The number of hydrogen-bond acceptors (Lipinski definition) is 4. The van der Waals surface area contributed by atoms with Crippen LogP contribution in [0.4, 0.5) is 5.69 Å². The number of hydrogen-bond donors (Lipinski definition) is 0. The van der Waals surface area contributed by atoms with E-state index in [1.807, 2.05) is 42.9 Å². The average Bonchev–Trinajstić information content (AvgIpc) is 3.01. The molecule has 0 saturated heterocycles. The zero-order chi connectivity index (χ0) is 18.3. The molecule has 0 radical (unpaired) electrons. The van der Waals surface area contributed by atoms with Crippen molar-refractivity contribution in [3.8, 4) is 5.95 Å². The van der Waals surface area contributed by atoms with Gasteiger partial charge in [-0.15, -0.1) is 0 Å². The van der Waals surface area contributed by atoms with Gasteiger partial charge < -0.3 is 9.47 Å². The number of fused-ring (bicyclic) bond motifs is 1. The van der Waals surface area contributed by atoms with Gasteiger partial charge in [0.05, 0.1) is 22.9 Å². The van der Waals surface area contributed by atoms with Crippen LogP contribution in [0.5, 0.6) is 0 Å². The predicted octanol–water partition coefficient (Wildman–Crippen LogP) is 3.54. The number of anilines is 1. The maximum Gasteiger partial charge on any atom is 0.295 e. The van der Waals surface area contributed by atoms with E-state index in [4.69, 9.17) is 11.6 Å². The Labute approximate surface area is 157 Å². The summed E-state index contributed by atoms with van der Waals surface area (Å²) in [6.07, 6.45) is 7.65. The van der Waals surface area contributed by atoms with E-state index >= 15 is 0 Å². The van der Waals surface area contributed by atoms with Crippen LogP contribution in [0.1, 0.15) is 32.1 Å². The van der Waals surface area contributed by atoms with Crippen LogP contribution in [0.3, 0.4) is 0 Å². The second kappa shape index (κ2) is 6.76. The summed E-state index contributed by atoms with van der Waals surface area (Å²) in [5.41, 5.74) is 2.11. The van der Waals surface area contributed by atoms with Crippen molar-refractivity contribution >= 4 is 28.3 Å². The number of nitrogens with zero attached hydrogens (tertiary/aromatic N) is 5. The molecule has 1 fully saturated rings. The second-order valence-electron chi connectivity index (χ2n) is 6.92. The molecule has 1 aliphatic rings. The van der Waals surface area contributed by atoms with Crippen molar-refractivity contribution in [2.24, 2.45) is 7.05 Å². The van der Waals surface area contributed by atoms with E-state index in [0.29, 0.717) is 17.7 Å². The molecule has 1 saturated carbocycles. The number of aromatic nitrogens is 4. The molecule has 2 heterocycles. The Balaban J connectivity index is 1.76. The average molecular weight is 372 g/mol. The minimum atomic E-state index is -0.342. The van der Waals surface area contributed by atoms with E-state index in [2.05, 4.69) is 15.0 Å². The third kappa shape index (κ3) is 2.78. The van der Waals surface area contributed by atoms with Crippen LogP contribution in [0, 0.1) is 0 Å². The molecular weight excluding hydrogens is 350 g/mol. The van der Waals surface area contributed by atoms with Crippen molar-refractivity contribution in [3.63, 3.8) is 0 Å². The Morgan fingerprint density at radius 2 is 1.92 bits per heavy atom. The van der Waals surface area contributed by atoms with Crippen LogP contribution in [0.25, 0.3) is 17.0 Å². The normalized spacial score (nSPS) is 15.5. The molecule has 0 N–H and O–H groups in total. The number of aryl methyl sites for hydroxylation is 1. The van der Waals surface area contributed by atoms with Gasteiger partial charge >= 0.3 is 0 Å². The molecule has 3 aromatic rings. The van der Waals surface area contributed by atoms with Gasteiger partial charge in [-0.1, -0.05) is 43.0 Å². The second-order valence-corrected chi connectivity index (χ2v) is 7.30. The lowest BCUT2D eigenvalue weighted by molar-refractivity contribution is 0.427. The van der Waals surface area contributed by atoms with Crippen LogP contribution in [0.2, 0.25) is 5.02 Å². The molecular formula is C19H22ClN5O. The molecule has 0 spiro atoms. The monoisotopic (exact) mass is 371 g/mol. The minimum absolute atomic E-state index is 0.195. The van der Waals surface area contributed by atoms with Gasteiger partial charge in [-0.2, -0.15) is 9.78 Å². The van der Waals surface area contributed by atoms with Crippen LogP contribution in [-0.4, -0.2) is 32.4 Å². The van der Waals surface area contributed by atoms with E-state index in [-0.39, 0.29) is 10.6 Å². The van der Waals surface area contributed by atoms with E-state index in [0.717, 1.165) is 23.9 Å². The highest BCUT2D eigenvalue weighted by Crippen LogP contribution is 2.29. The molecule has 136 valence electrons. The topological polar surface area (TPSA) is 56.0 Å². The molecule has 2 aromatic heterocycles. The highest BCUT2D eigenvalue weighted by atomic mass is 35.5. The van der Waals surface area contributed by atoms with Gasteiger partial charge in [0, 0.05) is 20.1 Å². The summed E-state index contributed by atoms with van der Waals surface area (Å²) in [4.78, 5) is 19.5. The highest BCUT2D eigenvalue weighted by molar-refractivity contribution is 6.33.